The van der Waals surface area contributed by atoms with E-state index in [1.54, 1.807) is 12.1 Å². The van der Waals surface area contributed by atoms with Crippen molar-refractivity contribution >= 4 is 44.8 Å². The number of aromatic nitrogens is 3. The third-order valence-corrected chi connectivity index (χ3v) is 5.47. The number of carbonyl (C=O) groups excluding carboxylic acids is 1. The Morgan fingerprint density at radius 3 is 2.45 bits per heavy atom. The predicted octanol–water partition coefficient (Wildman–Crippen LogP) is 3.42. The average molecular weight is 494 g/mol. The summed E-state index contributed by atoms with van der Waals surface area (Å²) in [6.07, 6.45) is -4.39. The van der Waals surface area contributed by atoms with Crippen LogP contribution in [0.3, 0.4) is 0 Å². The molecule has 1 amide bonds. The van der Waals surface area contributed by atoms with Gasteiger partial charge in [0.05, 0.1) is 18.3 Å². The number of alkyl halides is 3. The van der Waals surface area contributed by atoms with Crippen LogP contribution in [0.15, 0.2) is 47.5 Å². The molecule has 0 saturated heterocycles. The fourth-order valence-electron chi connectivity index (χ4n) is 2.56. The van der Waals surface area contributed by atoms with Crippen LogP contribution in [-0.4, -0.2) is 29.3 Å². The van der Waals surface area contributed by atoms with Gasteiger partial charge in [-0.2, -0.15) is 13.2 Å². The maximum atomic E-state index is 12.8. The summed E-state index contributed by atoms with van der Waals surface area (Å²) in [5.41, 5.74) is -1.07. The van der Waals surface area contributed by atoms with Gasteiger partial charge < -0.3 is 5.32 Å². The molecule has 3 rings (SSSR count). The van der Waals surface area contributed by atoms with Crippen LogP contribution in [0.1, 0.15) is 11.3 Å². The van der Waals surface area contributed by atoms with E-state index in [9.17, 15) is 26.4 Å². The number of halogens is 5. The molecule has 0 aliphatic heterocycles. The summed E-state index contributed by atoms with van der Waals surface area (Å²) >= 11 is 11.8. The standard InChI is InChI=1S/C17H12Cl2F3N5O3S/c18-10-2-1-9(12(19)6-10)5-16(28)24-11-3-4-13(14(7-11)31(23,29)30)27-8-15(25-26-27)17(20,21)22/h1-4,6-8H,5H2,(H,24,28)(H2,23,29,30). The fourth-order valence-corrected chi connectivity index (χ4v) is 3.78. The van der Waals surface area contributed by atoms with Gasteiger partial charge in [-0.1, -0.05) is 34.5 Å². The van der Waals surface area contributed by atoms with Crippen LogP contribution in [0.25, 0.3) is 5.69 Å². The number of nitrogens with two attached hydrogens (primary N) is 1. The van der Waals surface area contributed by atoms with Crippen molar-refractivity contribution in [1.82, 2.24) is 15.0 Å². The molecule has 0 aliphatic carbocycles. The molecule has 2 aromatic carbocycles. The van der Waals surface area contributed by atoms with E-state index in [0.717, 1.165) is 12.1 Å². The minimum Gasteiger partial charge on any atom is -0.326 e. The highest BCUT2D eigenvalue weighted by molar-refractivity contribution is 7.89. The summed E-state index contributed by atoms with van der Waals surface area (Å²) in [4.78, 5) is 11.8. The van der Waals surface area contributed by atoms with Crippen LogP contribution in [0, 0.1) is 0 Å². The minimum absolute atomic E-state index is 0.0408. The van der Waals surface area contributed by atoms with Crippen molar-refractivity contribution in [3.8, 4) is 5.69 Å². The molecule has 1 aromatic heterocycles. The molecule has 0 saturated carbocycles. The molecular weight excluding hydrogens is 482 g/mol. The number of nitrogens with zero attached hydrogens (tertiary/aromatic N) is 3. The lowest BCUT2D eigenvalue weighted by Gasteiger charge is -2.11. The van der Waals surface area contributed by atoms with Crippen molar-refractivity contribution in [3.05, 3.63) is 63.9 Å². The first-order chi connectivity index (χ1) is 14.3. The molecule has 14 heteroatoms. The molecule has 3 N–H and O–H groups in total. The predicted molar refractivity (Wildman–Crippen MR) is 107 cm³/mol. The molecule has 0 radical (unpaired) electrons. The van der Waals surface area contributed by atoms with E-state index in [1.807, 2.05) is 0 Å². The molecule has 1 heterocycles. The Labute approximate surface area is 183 Å². The van der Waals surface area contributed by atoms with Gasteiger partial charge in [0.1, 0.15) is 4.90 Å². The van der Waals surface area contributed by atoms with Gasteiger partial charge in [-0.05, 0) is 35.9 Å². The van der Waals surface area contributed by atoms with Gasteiger partial charge in [0.15, 0.2) is 5.69 Å². The zero-order valence-corrected chi connectivity index (χ0v) is 17.5. The number of carbonyl (C=O) groups is 1. The monoisotopic (exact) mass is 493 g/mol. The van der Waals surface area contributed by atoms with Gasteiger partial charge in [0.25, 0.3) is 0 Å². The summed E-state index contributed by atoms with van der Waals surface area (Å²) in [5.74, 6) is -0.530. The smallest absolute Gasteiger partial charge is 0.326 e. The van der Waals surface area contributed by atoms with Gasteiger partial charge in [0, 0.05) is 15.7 Å². The quantitative estimate of drug-likeness (QED) is 0.564. The molecule has 0 spiro atoms. The van der Waals surface area contributed by atoms with E-state index in [0.29, 0.717) is 21.5 Å². The lowest BCUT2D eigenvalue weighted by molar-refractivity contribution is -0.141. The van der Waals surface area contributed by atoms with Crippen LogP contribution in [0.4, 0.5) is 18.9 Å². The van der Waals surface area contributed by atoms with Crippen molar-refractivity contribution < 1.29 is 26.4 Å². The van der Waals surface area contributed by atoms with Crippen LogP contribution >= 0.6 is 23.2 Å². The summed E-state index contributed by atoms with van der Waals surface area (Å²) in [5, 5.41) is 14.6. The Balaban J connectivity index is 1.89. The Bertz CT molecular complexity index is 1260. The highest BCUT2D eigenvalue weighted by Gasteiger charge is 2.35. The highest BCUT2D eigenvalue weighted by atomic mass is 35.5. The van der Waals surface area contributed by atoms with E-state index in [4.69, 9.17) is 28.3 Å². The molecule has 164 valence electrons. The minimum atomic E-state index is -4.77. The summed E-state index contributed by atoms with van der Waals surface area (Å²) in [7, 11) is -4.39. The fraction of sp³-hybridized carbons (Fsp3) is 0.118. The number of sulfonamides is 1. The Morgan fingerprint density at radius 2 is 1.87 bits per heavy atom. The van der Waals surface area contributed by atoms with Gasteiger partial charge in [-0.25, -0.2) is 18.2 Å². The number of nitrogens with one attached hydrogen (secondary N) is 1. The van der Waals surface area contributed by atoms with Crippen LogP contribution in [0.2, 0.25) is 10.0 Å². The van der Waals surface area contributed by atoms with Gasteiger partial charge in [-0.15, -0.1) is 5.10 Å². The molecule has 3 aromatic rings. The molecule has 0 fully saturated rings. The molecular formula is C17H12Cl2F3N5O3S. The summed E-state index contributed by atoms with van der Waals surface area (Å²) in [6.45, 7) is 0. The Morgan fingerprint density at radius 1 is 1.16 bits per heavy atom. The lowest BCUT2D eigenvalue weighted by atomic mass is 10.1. The molecule has 0 bridgehead atoms. The van der Waals surface area contributed by atoms with Crippen molar-refractivity contribution in [2.45, 2.75) is 17.5 Å². The molecule has 0 unspecified atom stereocenters. The zero-order chi connectivity index (χ0) is 23.0. The van der Waals surface area contributed by atoms with Crippen molar-refractivity contribution in [1.29, 1.82) is 0 Å². The number of amides is 1. The second-order valence-corrected chi connectivity index (χ2v) is 8.61. The summed E-state index contributed by atoms with van der Waals surface area (Å²) < 4.78 is 62.9. The second kappa shape index (κ2) is 8.46. The van der Waals surface area contributed by atoms with Crippen molar-refractivity contribution in [2.75, 3.05) is 5.32 Å². The van der Waals surface area contributed by atoms with Gasteiger partial charge in [-0.3, -0.25) is 4.79 Å². The first-order valence-electron chi connectivity index (χ1n) is 8.25. The lowest BCUT2D eigenvalue weighted by Crippen LogP contribution is -2.18. The molecule has 31 heavy (non-hydrogen) atoms. The third kappa shape index (κ3) is 5.53. The third-order valence-electron chi connectivity index (χ3n) is 3.95. The van der Waals surface area contributed by atoms with Crippen LogP contribution in [0.5, 0.6) is 0 Å². The van der Waals surface area contributed by atoms with E-state index >= 15 is 0 Å². The first-order valence-corrected chi connectivity index (χ1v) is 10.6. The molecule has 0 atom stereocenters. The van der Waals surface area contributed by atoms with Crippen LogP contribution < -0.4 is 10.5 Å². The number of primary sulfonamides is 1. The topological polar surface area (TPSA) is 120 Å². The maximum Gasteiger partial charge on any atom is 0.436 e. The SMILES string of the molecule is NS(=O)(=O)c1cc(NC(=O)Cc2ccc(Cl)cc2Cl)ccc1-n1cc(C(F)(F)F)nn1. The zero-order valence-electron chi connectivity index (χ0n) is 15.2. The molecule has 8 nitrogen and oxygen atoms in total. The Kier molecular flexibility index (Phi) is 6.28. The van der Waals surface area contributed by atoms with Crippen molar-refractivity contribution in [2.24, 2.45) is 5.14 Å². The molecule has 0 aliphatic rings. The summed E-state index contributed by atoms with van der Waals surface area (Å²) in [6, 6.07) is 8.00. The maximum absolute atomic E-state index is 12.8. The number of hydrogen-bond acceptors (Lipinski definition) is 5. The number of hydrogen-bond donors (Lipinski definition) is 2. The number of benzene rings is 2. The van der Waals surface area contributed by atoms with Gasteiger partial charge >= 0.3 is 6.18 Å². The van der Waals surface area contributed by atoms with E-state index in [2.05, 4.69) is 15.6 Å². The Hall–Kier alpha value is -2.67. The van der Waals surface area contributed by atoms with Gasteiger partial charge in [0.2, 0.25) is 15.9 Å². The van der Waals surface area contributed by atoms with E-state index in [1.165, 1.54) is 12.1 Å². The first kappa shape index (κ1) is 23.0. The van der Waals surface area contributed by atoms with E-state index < -0.39 is 32.7 Å². The average Bonchev–Trinajstić information content (AvgIpc) is 3.14. The van der Waals surface area contributed by atoms with Crippen molar-refractivity contribution in [3.63, 3.8) is 0 Å². The normalized spacial score (nSPS) is 12.1. The van der Waals surface area contributed by atoms with Crippen LogP contribution in [-0.2, 0) is 27.4 Å². The second-order valence-electron chi connectivity index (χ2n) is 6.23. The highest BCUT2D eigenvalue weighted by Crippen LogP contribution is 2.29. The number of anilines is 1. The number of rotatable bonds is 5. The largest absolute Gasteiger partial charge is 0.436 e. The van der Waals surface area contributed by atoms with E-state index in [-0.39, 0.29) is 22.8 Å².